The predicted octanol–water partition coefficient (Wildman–Crippen LogP) is 2.86. The predicted molar refractivity (Wildman–Crippen MR) is 83.8 cm³/mol. The van der Waals surface area contributed by atoms with Gasteiger partial charge in [-0.15, -0.1) is 0 Å². The van der Waals surface area contributed by atoms with Crippen LogP contribution in [-0.4, -0.2) is 35.3 Å². The van der Waals surface area contributed by atoms with Crippen molar-refractivity contribution in [3.05, 3.63) is 0 Å². The Labute approximate surface area is 128 Å². The molecule has 4 heteroatoms. The first-order valence-corrected chi connectivity index (χ1v) is 8.67. The van der Waals surface area contributed by atoms with Crippen molar-refractivity contribution in [3.8, 4) is 0 Å². The Morgan fingerprint density at radius 3 is 2.38 bits per heavy atom. The zero-order valence-corrected chi connectivity index (χ0v) is 13.8. The van der Waals surface area contributed by atoms with E-state index in [4.69, 9.17) is 0 Å². The number of amides is 2. The van der Waals surface area contributed by atoms with Gasteiger partial charge in [-0.05, 0) is 37.5 Å². The summed E-state index contributed by atoms with van der Waals surface area (Å²) in [7, 11) is 0. The number of hydrogen-bond acceptors (Lipinski definition) is 2. The summed E-state index contributed by atoms with van der Waals surface area (Å²) in [5.74, 6) is 0.183. The Morgan fingerprint density at radius 1 is 1.19 bits per heavy atom. The van der Waals surface area contributed by atoms with Gasteiger partial charge in [-0.2, -0.15) is 0 Å². The summed E-state index contributed by atoms with van der Waals surface area (Å²) < 4.78 is 0. The Balaban J connectivity index is 2.18. The molecule has 2 unspecified atom stereocenters. The summed E-state index contributed by atoms with van der Waals surface area (Å²) in [6.45, 7) is 7.05. The van der Waals surface area contributed by atoms with Crippen LogP contribution in [0.3, 0.4) is 0 Å². The van der Waals surface area contributed by atoms with Crippen LogP contribution < -0.4 is 5.32 Å². The highest BCUT2D eigenvalue weighted by Crippen LogP contribution is 2.42. The minimum Gasteiger partial charge on any atom is -0.343 e. The monoisotopic (exact) mass is 294 g/mol. The lowest BCUT2D eigenvalue weighted by Gasteiger charge is -2.43. The van der Waals surface area contributed by atoms with Crippen molar-refractivity contribution in [3.63, 3.8) is 0 Å². The second kappa shape index (κ2) is 6.80. The number of carbonyl (C=O) groups excluding carboxylic acids is 2. The Bertz CT molecular complexity index is 388. The maximum atomic E-state index is 12.8. The molecule has 2 amide bonds. The van der Waals surface area contributed by atoms with E-state index in [1.807, 2.05) is 11.8 Å². The number of piperazine rings is 1. The third-order valence-electron chi connectivity index (χ3n) is 5.46. The van der Waals surface area contributed by atoms with Gasteiger partial charge in [0.25, 0.3) is 0 Å². The summed E-state index contributed by atoms with van der Waals surface area (Å²) in [4.78, 5) is 27.0. The topological polar surface area (TPSA) is 49.4 Å². The highest BCUT2D eigenvalue weighted by molar-refractivity contribution is 5.96. The summed E-state index contributed by atoms with van der Waals surface area (Å²) in [6, 6.07) is -0.574. The molecule has 0 aromatic carbocycles. The quantitative estimate of drug-likeness (QED) is 0.819. The van der Waals surface area contributed by atoms with E-state index in [9.17, 15) is 9.59 Å². The normalized spacial score (nSPS) is 28.8. The first-order valence-electron chi connectivity index (χ1n) is 8.67. The molecule has 1 aliphatic heterocycles. The van der Waals surface area contributed by atoms with Crippen molar-refractivity contribution in [2.45, 2.75) is 84.2 Å². The Morgan fingerprint density at radius 2 is 1.86 bits per heavy atom. The minimum atomic E-state index is -0.305. The molecular weight excluding hydrogens is 264 g/mol. The largest absolute Gasteiger partial charge is 0.343 e. The number of nitrogens with zero attached hydrogens (tertiary/aromatic N) is 1. The van der Waals surface area contributed by atoms with Crippen LogP contribution in [0.2, 0.25) is 0 Å². The first-order chi connectivity index (χ1) is 10.1. The van der Waals surface area contributed by atoms with Gasteiger partial charge in [0, 0.05) is 6.54 Å². The van der Waals surface area contributed by atoms with Gasteiger partial charge in [0.15, 0.2) is 0 Å². The van der Waals surface area contributed by atoms with E-state index in [0.717, 1.165) is 25.8 Å². The molecule has 0 aromatic rings. The average molecular weight is 294 g/mol. The number of nitrogens with one attached hydrogen (secondary N) is 1. The molecule has 120 valence electrons. The maximum absolute atomic E-state index is 12.8. The molecule has 1 N–H and O–H groups in total. The Hall–Kier alpha value is -1.06. The molecule has 2 atom stereocenters. The zero-order chi connectivity index (χ0) is 15.5. The lowest BCUT2D eigenvalue weighted by atomic mass is 9.81. The van der Waals surface area contributed by atoms with Crippen LogP contribution in [0.25, 0.3) is 0 Å². The molecule has 1 heterocycles. The highest BCUT2D eigenvalue weighted by Gasteiger charge is 2.43. The van der Waals surface area contributed by atoms with E-state index in [0.29, 0.717) is 6.42 Å². The number of rotatable bonds is 6. The fourth-order valence-corrected chi connectivity index (χ4v) is 4.01. The van der Waals surface area contributed by atoms with Gasteiger partial charge in [0.05, 0.1) is 0 Å². The fraction of sp³-hybridized carbons (Fsp3) is 0.882. The van der Waals surface area contributed by atoms with E-state index < -0.39 is 0 Å². The molecule has 2 aliphatic rings. The van der Waals surface area contributed by atoms with Crippen molar-refractivity contribution in [1.29, 1.82) is 0 Å². The van der Waals surface area contributed by atoms with Crippen LogP contribution in [-0.2, 0) is 9.59 Å². The molecule has 1 aliphatic carbocycles. The zero-order valence-electron chi connectivity index (χ0n) is 13.8. The number of hydrogen-bond donors (Lipinski definition) is 1. The van der Waals surface area contributed by atoms with Gasteiger partial charge in [0.2, 0.25) is 11.8 Å². The van der Waals surface area contributed by atoms with Gasteiger partial charge in [-0.1, -0.05) is 40.0 Å². The second-order valence-electron chi connectivity index (χ2n) is 6.80. The molecule has 1 saturated carbocycles. The first kappa shape index (κ1) is 16.3. The molecule has 0 bridgehead atoms. The smallest absolute Gasteiger partial charge is 0.245 e. The SMILES string of the molecule is CCCC1NC(=O)C(CC)N(CC2(CC)CCCC2)C1=O. The van der Waals surface area contributed by atoms with Crippen LogP contribution in [0.1, 0.15) is 72.1 Å². The van der Waals surface area contributed by atoms with Gasteiger partial charge >= 0.3 is 0 Å². The lowest BCUT2D eigenvalue weighted by Crippen LogP contribution is -2.64. The van der Waals surface area contributed by atoms with Crippen molar-refractivity contribution in [2.24, 2.45) is 5.41 Å². The van der Waals surface area contributed by atoms with E-state index in [1.165, 1.54) is 25.7 Å². The van der Waals surface area contributed by atoms with Crippen LogP contribution >= 0.6 is 0 Å². The van der Waals surface area contributed by atoms with Crippen LogP contribution in [0.4, 0.5) is 0 Å². The van der Waals surface area contributed by atoms with Crippen molar-refractivity contribution < 1.29 is 9.59 Å². The molecular formula is C17H30N2O2. The minimum absolute atomic E-state index is 0.0415. The van der Waals surface area contributed by atoms with Crippen LogP contribution in [0.5, 0.6) is 0 Å². The van der Waals surface area contributed by atoms with E-state index in [-0.39, 0.29) is 29.3 Å². The van der Waals surface area contributed by atoms with Gasteiger partial charge in [-0.3, -0.25) is 9.59 Å². The molecule has 1 saturated heterocycles. The van der Waals surface area contributed by atoms with Gasteiger partial charge in [-0.25, -0.2) is 0 Å². The van der Waals surface area contributed by atoms with Crippen molar-refractivity contribution in [2.75, 3.05) is 6.54 Å². The van der Waals surface area contributed by atoms with E-state index >= 15 is 0 Å². The Kier molecular flexibility index (Phi) is 5.28. The van der Waals surface area contributed by atoms with Gasteiger partial charge in [0.1, 0.15) is 12.1 Å². The molecule has 2 fully saturated rings. The van der Waals surface area contributed by atoms with Crippen LogP contribution in [0, 0.1) is 5.41 Å². The van der Waals surface area contributed by atoms with E-state index in [1.54, 1.807) is 0 Å². The fourth-order valence-electron chi connectivity index (χ4n) is 4.01. The lowest BCUT2D eigenvalue weighted by molar-refractivity contribution is -0.151. The summed E-state index contributed by atoms with van der Waals surface area (Å²) in [5.41, 5.74) is 0.247. The van der Waals surface area contributed by atoms with Gasteiger partial charge < -0.3 is 10.2 Å². The van der Waals surface area contributed by atoms with Crippen molar-refractivity contribution >= 4 is 11.8 Å². The number of carbonyl (C=O) groups is 2. The molecule has 2 rings (SSSR count). The molecule has 0 radical (unpaired) electrons. The summed E-state index contributed by atoms with van der Waals surface area (Å²) in [5, 5.41) is 2.92. The molecule has 0 spiro atoms. The summed E-state index contributed by atoms with van der Waals surface area (Å²) in [6.07, 6.45) is 8.39. The van der Waals surface area contributed by atoms with Crippen LogP contribution in [0.15, 0.2) is 0 Å². The molecule has 4 nitrogen and oxygen atoms in total. The third kappa shape index (κ3) is 3.24. The van der Waals surface area contributed by atoms with Crippen molar-refractivity contribution in [1.82, 2.24) is 10.2 Å². The average Bonchev–Trinajstić information content (AvgIpc) is 2.94. The maximum Gasteiger partial charge on any atom is 0.245 e. The standard InChI is InChI=1S/C17H30N2O2/c1-4-9-13-16(21)19(14(5-2)15(20)18-13)12-17(6-3)10-7-8-11-17/h13-14H,4-12H2,1-3H3,(H,18,20). The van der Waals surface area contributed by atoms with E-state index in [2.05, 4.69) is 19.2 Å². The molecule has 0 aromatic heterocycles. The highest BCUT2D eigenvalue weighted by atomic mass is 16.2. The summed E-state index contributed by atoms with van der Waals surface area (Å²) >= 11 is 0. The third-order valence-corrected chi connectivity index (χ3v) is 5.46. The molecule has 21 heavy (non-hydrogen) atoms. The second-order valence-corrected chi connectivity index (χ2v) is 6.80.